The van der Waals surface area contributed by atoms with Crippen LogP contribution in [0.1, 0.15) is 35.1 Å². The summed E-state index contributed by atoms with van der Waals surface area (Å²) in [4.78, 5) is 35.0. The Bertz CT molecular complexity index is 777. The van der Waals surface area contributed by atoms with E-state index in [9.17, 15) is 9.59 Å². The van der Waals surface area contributed by atoms with E-state index in [0.717, 1.165) is 18.5 Å². The molecule has 1 aliphatic carbocycles. The van der Waals surface area contributed by atoms with Crippen molar-refractivity contribution in [1.29, 1.82) is 0 Å². The largest absolute Gasteiger partial charge is 0.466 e. The Balaban J connectivity index is 1.67. The van der Waals surface area contributed by atoms with Crippen LogP contribution in [-0.2, 0) is 16.0 Å². The Morgan fingerprint density at radius 3 is 2.63 bits per heavy atom. The van der Waals surface area contributed by atoms with E-state index in [-0.39, 0.29) is 23.7 Å². The second kappa shape index (κ2) is 8.75. The molecule has 142 valence electrons. The van der Waals surface area contributed by atoms with E-state index in [1.807, 2.05) is 37.3 Å². The minimum absolute atomic E-state index is 0.0962. The van der Waals surface area contributed by atoms with Gasteiger partial charge < -0.3 is 9.64 Å². The van der Waals surface area contributed by atoms with Crippen molar-refractivity contribution in [2.75, 3.05) is 19.7 Å². The van der Waals surface area contributed by atoms with Gasteiger partial charge in [0.05, 0.1) is 24.4 Å². The van der Waals surface area contributed by atoms with Crippen molar-refractivity contribution in [1.82, 2.24) is 14.9 Å². The summed E-state index contributed by atoms with van der Waals surface area (Å²) in [5, 5.41) is 0. The zero-order valence-corrected chi connectivity index (χ0v) is 15.8. The van der Waals surface area contributed by atoms with Gasteiger partial charge in [-0.15, -0.1) is 0 Å². The van der Waals surface area contributed by atoms with Gasteiger partial charge in [-0.05, 0) is 38.2 Å². The predicted molar refractivity (Wildman–Crippen MR) is 101 cm³/mol. The molecule has 0 bridgehead atoms. The van der Waals surface area contributed by atoms with E-state index in [1.165, 1.54) is 11.8 Å². The number of hydrogen-bond donors (Lipinski definition) is 0. The average molecular weight is 367 g/mol. The van der Waals surface area contributed by atoms with E-state index < -0.39 is 0 Å². The second-order valence-corrected chi connectivity index (χ2v) is 6.88. The smallest absolute Gasteiger partial charge is 0.309 e. The van der Waals surface area contributed by atoms with E-state index in [4.69, 9.17) is 4.74 Å². The minimum Gasteiger partial charge on any atom is -0.466 e. The van der Waals surface area contributed by atoms with Crippen LogP contribution in [0.25, 0.3) is 0 Å². The summed E-state index contributed by atoms with van der Waals surface area (Å²) in [6.45, 7) is 5.14. The number of nitrogens with zero attached hydrogens (tertiary/aromatic N) is 3. The molecule has 1 fully saturated rings. The molecule has 2 aromatic rings. The molecule has 0 radical (unpaired) electrons. The molecule has 1 aromatic heterocycles. The molecule has 3 rings (SSSR count). The van der Waals surface area contributed by atoms with Crippen molar-refractivity contribution < 1.29 is 14.3 Å². The molecule has 0 N–H and O–H groups in total. The van der Waals surface area contributed by atoms with Gasteiger partial charge in [0, 0.05) is 19.3 Å². The highest BCUT2D eigenvalue weighted by Gasteiger charge is 2.45. The summed E-state index contributed by atoms with van der Waals surface area (Å²) in [5.41, 5.74) is 2.27. The van der Waals surface area contributed by atoms with Crippen LogP contribution in [0, 0.1) is 18.8 Å². The van der Waals surface area contributed by atoms with Crippen LogP contribution in [-0.4, -0.2) is 46.4 Å². The molecule has 6 nitrogen and oxygen atoms in total. The van der Waals surface area contributed by atoms with Gasteiger partial charge in [0.25, 0.3) is 5.91 Å². The Morgan fingerprint density at radius 1 is 1.19 bits per heavy atom. The molecule has 1 saturated carbocycles. The molecular weight excluding hydrogens is 342 g/mol. The standard InChI is InChI=1S/C21H25N3O3/c1-3-27-21(26)18-11-17(18)14-24(10-9-16-7-5-4-6-8-16)20(25)19-13-22-15(2)12-23-19/h4-8,12-13,17-18H,3,9-11,14H2,1-2H3. The highest BCUT2D eigenvalue weighted by atomic mass is 16.5. The van der Waals surface area contributed by atoms with Crippen LogP contribution in [0.5, 0.6) is 0 Å². The van der Waals surface area contributed by atoms with Gasteiger partial charge in [0.2, 0.25) is 0 Å². The van der Waals surface area contributed by atoms with Gasteiger partial charge in [0.15, 0.2) is 0 Å². The first-order valence-corrected chi connectivity index (χ1v) is 9.37. The van der Waals surface area contributed by atoms with E-state index in [0.29, 0.717) is 25.4 Å². The minimum atomic E-state index is -0.159. The number of hydrogen-bond acceptors (Lipinski definition) is 5. The van der Waals surface area contributed by atoms with Crippen molar-refractivity contribution in [3.8, 4) is 0 Å². The third-order valence-electron chi connectivity index (χ3n) is 4.77. The van der Waals surface area contributed by atoms with Crippen LogP contribution >= 0.6 is 0 Å². The van der Waals surface area contributed by atoms with Crippen molar-refractivity contribution in [3.63, 3.8) is 0 Å². The molecule has 2 atom stereocenters. The van der Waals surface area contributed by atoms with Gasteiger partial charge in [-0.2, -0.15) is 0 Å². The van der Waals surface area contributed by atoms with E-state index in [1.54, 1.807) is 18.0 Å². The Morgan fingerprint density at radius 2 is 1.96 bits per heavy atom. The van der Waals surface area contributed by atoms with Crippen molar-refractivity contribution in [3.05, 3.63) is 59.7 Å². The SMILES string of the molecule is CCOC(=O)C1CC1CN(CCc1ccccc1)C(=O)c1cnc(C)cn1. The van der Waals surface area contributed by atoms with Crippen LogP contribution in [0.15, 0.2) is 42.7 Å². The summed E-state index contributed by atoms with van der Waals surface area (Å²) >= 11 is 0. The van der Waals surface area contributed by atoms with Crippen LogP contribution < -0.4 is 0 Å². The molecule has 27 heavy (non-hydrogen) atoms. The first-order valence-electron chi connectivity index (χ1n) is 9.37. The van der Waals surface area contributed by atoms with Gasteiger partial charge in [0.1, 0.15) is 5.69 Å². The fourth-order valence-electron chi connectivity index (χ4n) is 3.12. The molecule has 0 aliphatic heterocycles. The van der Waals surface area contributed by atoms with E-state index >= 15 is 0 Å². The third-order valence-corrected chi connectivity index (χ3v) is 4.77. The van der Waals surface area contributed by atoms with Gasteiger partial charge >= 0.3 is 5.97 Å². The average Bonchev–Trinajstić information content (AvgIpc) is 3.45. The van der Waals surface area contributed by atoms with Crippen molar-refractivity contribution >= 4 is 11.9 Å². The topological polar surface area (TPSA) is 72.4 Å². The quantitative estimate of drug-likeness (QED) is 0.671. The Hall–Kier alpha value is -2.76. The first-order chi connectivity index (χ1) is 13.1. The van der Waals surface area contributed by atoms with Crippen LogP contribution in [0.4, 0.5) is 0 Å². The maximum Gasteiger partial charge on any atom is 0.309 e. The molecule has 0 spiro atoms. The molecule has 2 unspecified atom stereocenters. The molecule has 1 aliphatic rings. The Kier molecular flexibility index (Phi) is 6.16. The van der Waals surface area contributed by atoms with Gasteiger partial charge in [-0.1, -0.05) is 30.3 Å². The lowest BCUT2D eigenvalue weighted by Crippen LogP contribution is -2.36. The first kappa shape index (κ1) is 19.0. The van der Waals surface area contributed by atoms with Crippen molar-refractivity contribution in [2.24, 2.45) is 11.8 Å². The van der Waals surface area contributed by atoms with Gasteiger partial charge in [-0.25, -0.2) is 4.98 Å². The molecular formula is C21H25N3O3. The number of aryl methyl sites for hydroxylation is 1. The lowest BCUT2D eigenvalue weighted by molar-refractivity contribution is -0.145. The maximum atomic E-state index is 13.0. The number of amides is 1. The lowest BCUT2D eigenvalue weighted by Gasteiger charge is -2.22. The molecule has 6 heteroatoms. The molecule has 1 heterocycles. The fourth-order valence-corrected chi connectivity index (χ4v) is 3.12. The number of carbonyl (C=O) groups excluding carboxylic acids is 2. The molecule has 1 aromatic carbocycles. The fraction of sp³-hybridized carbons (Fsp3) is 0.429. The number of benzene rings is 1. The molecule has 0 saturated heterocycles. The van der Waals surface area contributed by atoms with Crippen LogP contribution in [0.2, 0.25) is 0 Å². The second-order valence-electron chi connectivity index (χ2n) is 6.88. The highest BCUT2D eigenvalue weighted by molar-refractivity contribution is 5.92. The Labute approximate surface area is 159 Å². The predicted octanol–water partition coefficient (Wildman–Crippen LogP) is 2.67. The summed E-state index contributed by atoms with van der Waals surface area (Å²) < 4.78 is 5.10. The third kappa shape index (κ3) is 5.12. The van der Waals surface area contributed by atoms with Crippen molar-refractivity contribution in [2.45, 2.75) is 26.7 Å². The lowest BCUT2D eigenvalue weighted by atomic mass is 10.1. The van der Waals surface area contributed by atoms with Crippen LogP contribution in [0.3, 0.4) is 0 Å². The number of esters is 1. The number of aromatic nitrogens is 2. The summed E-state index contributed by atoms with van der Waals surface area (Å²) in [6, 6.07) is 10.1. The number of ether oxygens (including phenoxy) is 1. The highest BCUT2D eigenvalue weighted by Crippen LogP contribution is 2.40. The summed E-state index contributed by atoms with van der Waals surface area (Å²) in [7, 11) is 0. The zero-order valence-electron chi connectivity index (χ0n) is 15.8. The summed E-state index contributed by atoms with van der Waals surface area (Å²) in [5.74, 6) is -0.246. The van der Waals surface area contributed by atoms with Gasteiger partial charge in [-0.3, -0.25) is 14.6 Å². The number of rotatable bonds is 8. The monoisotopic (exact) mass is 367 g/mol. The maximum absolute atomic E-state index is 13.0. The number of carbonyl (C=O) groups is 2. The normalized spacial score (nSPS) is 18.0. The summed E-state index contributed by atoms with van der Waals surface area (Å²) in [6.07, 6.45) is 4.64. The van der Waals surface area contributed by atoms with E-state index in [2.05, 4.69) is 9.97 Å². The zero-order chi connectivity index (χ0) is 19.2. The molecule has 1 amide bonds.